The van der Waals surface area contributed by atoms with Gasteiger partial charge >= 0.3 is 0 Å². The van der Waals surface area contributed by atoms with Crippen LogP contribution >= 0.6 is 0 Å². The van der Waals surface area contributed by atoms with E-state index in [1.54, 1.807) is 48.5 Å². The molecule has 230 valence electrons. The SMILES string of the molecule is COc1cccc(CN(C(=O)CN(c2ccccc2)S(=O)(=O)c2ccc(F)cc2)[C@@H](Cc2ccccc2)C(=O)NC(C)C)c1. The number of anilines is 1. The molecule has 0 aliphatic rings. The first-order valence-corrected chi connectivity index (χ1v) is 15.6. The van der Waals surface area contributed by atoms with E-state index in [0.29, 0.717) is 11.3 Å². The van der Waals surface area contributed by atoms with Crippen molar-refractivity contribution in [1.82, 2.24) is 10.2 Å². The van der Waals surface area contributed by atoms with E-state index in [-0.39, 0.29) is 35.5 Å². The zero-order valence-corrected chi connectivity index (χ0v) is 25.7. The molecular weight excluding hydrogens is 581 g/mol. The number of nitrogens with one attached hydrogen (secondary N) is 1. The van der Waals surface area contributed by atoms with Crippen molar-refractivity contribution >= 4 is 27.5 Å². The lowest BCUT2D eigenvalue weighted by atomic mass is 10.0. The molecular formula is C34H36FN3O5S. The average Bonchev–Trinajstić information content (AvgIpc) is 3.02. The highest BCUT2D eigenvalue weighted by atomic mass is 32.2. The Hall–Kier alpha value is -4.70. The van der Waals surface area contributed by atoms with E-state index >= 15 is 0 Å². The van der Waals surface area contributed by atoms with Crippen LogP contribution < -0.4 is 14.4 Å². The standard InChI is InChI=1S/C34H36FN3O5S/c1-25(2)36-34(40)32(22-26-11-6-4-7-12-26)37(23-27-13-10-16-30(21-27)43-3)33(39)24-38(29-14-8-5-9-15-29)44(41,42)31-19-17-28(35)18-20-31/h4-21,25,32H,22-24H2,1-3H3,(H,36,40)/t32-/m0/s1. The number of halogens is 1. The Kier molecular flexibility index (Phi) is 10.7. The summed E-state index contributed by atoms with van der Waals surface area (Å²) in [5, 5.41) is 2.93. The molecule has 0 aromatic heterocycles. The third-order valence-corrected chi connectivity index (χ3v) is 8.70. The molecule has 0 spiro atoms. The molecule has 4 aromatic carbocycles. The molecule has 2 amide bonds. The lowest BCUT2D eigenvalue weighted by Gasteiger charge is -2.34. The van der Waals surface area contributed by atoms with Crippen LogP contribution in [0.5, 0.6) is 5.75 Å². The van der Waals surface area contributed by atoms with E-state index in [1.807, 2.05) is 50.2 Å². The number of nitrogens with zero attached hydrogens (tertiary/aromatic N) is 2. The smallest absolute Gasteiger partial charge is 0.264 e. The van der Waals surface area contributed by atoms with Crippen molar-refractivity contribution in [3.05, 3.63) is 126 Å². The minimum absolute atomic E-state index is 0.0122. The number of rotatable bonds is 13. The van der Waals surface area contributed by atoms with Gasteiger partial charge in [-0.2, -0.15) is 0 Å². The van der Waals surface area contributed by atoms with E-state index < -0.39 is 34.3 Å². The summed E-state index contributed by atoms with van der Waals surface area (Å²) in [6, 6.07) is 27.9. The Balaban J connectivity index is 1.79. The third kappa shape index (κ3) is 8.23. The molecule has 0 radical (unpaired) electrons. The van der Waals surface area contributed by atoms with Gasteiger partial charge in [-0.3, -0.25) is 13.9 Å². The van der Waals surface area contributed by atoms with Crippen LogP contribution in [0.3, 0.4) is 0 Å². The Bertz CT molecular complexity index is 1650. The topological polar surface area (TPSA) is 96.0 Å². The summed E-state index contributed by atoms with van der Waals surface area (Å²) in [4.78, 5) is 29.4. The predicted octanol–water partition coefficient (Wildman–Crippen LogP) is 5.19. The second-order valence-corrected chi connectivity index (χ2v) is 12.4. The fraction of sp³-hybridized carbons (Fsp3) is 0.235. The van der Waals surface area contributed by atoms with E-state index in [9.17, 15) is 22.4 Å². The van der Waals surface area contributed by atoms with E-state index in [4.69, 9.17) is 4.74 Å². The van der Waals surface area contributed by atoms with Crippen molar-refractivity contribution in [2.24, 2.45) is 0 Å². The number of amides is 2. The van der Waals surface area contributed by atoms with Gasteiger partial charge in [-0.05, 0) is 73.5 Å². The number of ether oxygens (including phenoxy) is 1. The quantitative estimate of drug-likeness (QED) is 0.223. The molecule has 44 heavy (non-hydrogen) atoms. The van der Waals surface area contributed by atoms with Gasteiger partial charge < -0.3 is 15.0 Å². The van der Waals surface area contributed by atoms with Crippen LogP contribution in [0, 0.1) is 5.82 Å². The van der Waals surface area contributed by atoms with Gasteiger partial charge in [0.15, 0.2) is 0 Å². The molecule has 4 aromatic rings. The lowest BCUT2D eigenvalue weighted by molar-refractivity contribution is -0.140. The minimum Gasteiger partial charge on any atom is -0.497 e. The monoisotopic (exact) mass is 617 g/mol. The van der Waals surface area contributed by atoms with Crippen LogP contribution in [0.15, 0.2) is 114 Å². The maximum absolute atomic E-state index is 14.4. The molecule has 0 aliphatic heterocycles. The number of benzene rings is 4. The van der Waals surface area contributed by atoms with Gasteiger partial charge in [-0.25, -0.2) is 12.8 Å². The van der Waals surface area contributed by atoms with Crippen LogP contribution in [0.25, 0.3) is 0 Å². The van der Waals surface area contributed by atoms with Gasteiger partial charge in [0.1, 0.15) is 24.2 Å². The van der Waals surface area contributed by atoms with Gasteiger partial charge in [-0.15, -0.1) is 0 Å². The number of carbonyl (C=O) groups excluding carboxylic acids is 2. The lowest BCUT2D eigenvalue weighted by Crippen LogP contribution is -2.54. The second-order valence-electron chi connectivity index (χ2n) is 10.5. The first-order chi connectivity index (χ1) is 21.1. The fourth-order valence-electron chi connectivity index (χ4n) is 4.76. The van der Waals surface area contributed by atoms with Crippen molar-refractivity contribution < 1.29 is 27.1 Å². The molecule has 1 atom stereocenters. The van der Waals surface area contributed by atoms with Crippen LogP contribution in [0.4, 0.5) is 10.1 Å². The largest absolute Gasteiger partial charge is 0.497 e. The Morgan fingerprint density at radius 2 is 1.45 bits per heavy atom. The fourth-order valence-corrected chi connectivity index (χ4v) is 6.17. The van der Waals surface area contributed by atoms with E-state index in [0.717, 1.165) is 34.1 Å². The van der Waals surface area contributed by atoms with Gasteiger partial charge in [0, 0.05) is 19.0 Å². The molecule has 8 nitrogen and oxygen atoms in total. The summed E-state index contributed by atoms with van der Waals surface area (Å²) >= 11 is 0. The summed E-state index contributed by atoms with van der Waals surface area (Å²) in [5.74, 6) is -0.975. The number of carbonyl (C=O) groups is 2. The Morgan fingerprint density at radius 1 is 0.841 bits per heavy atom. The van der Waals surface area contributed by atoms with Gasteiger partial charge in [0.25, 0.3) is 10.0 Å². The molecule has 0 fully saturated rings. The van der Waals surface area contributed by atoms with Crippen LogP contribution in [0.1, 0.15) is 25.0 Å². The summed E-state index contributed by atoms with van der Waals surface area (Å²) in [5.41, 5.74) is 1.78. The van der Waals surface area contributed by atoms with Gasteiger partial charge in [0.05, 0.1) is 17.7 Å². The van der Waals surface area contributed by atoms with E-state index in [1.165, 1.54) is 12.0 Å². The Labute approximate surface area is 258 Å². The van der Waals surface area contributed by atoms with Crippen molar-refractivity contribution in [2.75, 3.05) is 18.0 Å². The summed E-state index contributed by atoms with van der Waals surface area (Å²) < 4.78 is 47.9. The molecule has 0 unspecified atom stereocenters. The zero-order valence-electron chi connectivity index (χ0n) is 24.9. The van der Waals surface area contributed by atoms with Crippen LogP contribution in [0.2, 0.25) is 0 Å². The van der Waals surface area contributed by atoms with Gasteiger partial charge in [0.2, 0.25) is 11.8 Å². The summed E-state index contributed by atoms with van der Waals surface area (Å²) in [6.07, 6.45) is 0.200. The summed E-state index contributed by atoms with van der Waals surface area (Å²) in [7, 11) is -2.77. The highest BCUT2D eigenvalue weighted by Gasteiger charge is 2.34. The maximum Gasteiger partial charge on any atom is 0.264 e. The molecule has 4 rings (SSSR count). The highest BCUT2D eigenvalue weighted by Crippen LogP contribution is 2.25. The second kappa shape index (κ2) is 14.7. The predicted molar refractivity (Wildman–Crippen MR) is 168 cm³/mol. The number of para-hydroxylation sites is 1. The molecule has 0 heterocycles. The molecule has 0 bridgehead atoms. The Morgan fingerprint density at radius 3 is 2.07 bits per heavy atom. The summed E-state index contributed by atoms with van der Waals surface area (Å²) in [6.45, 7) is 3.07. The first kappa shape index (κ1) is 32.2. The normalized spacial score (nSPS) is 11.9. The van der Waals surface area contributed by atoms with Crippen molar-refractivity contribution in [2.45, 2.75) is 43.8 Å². The minimum atomic E-state index is -4.31. The number of methoxy groups -OCH3 is 1. The van der Waals surface area contributed by atoms with E-state index in [2.05, 4.69) is 5.32 Å². The molecule has 0 saturated heterocycles. The highest BCUT2D eigenvalue weighted by molar-refractivity contribution is 7.92. The molecule has 0 aliphatic carbocycles. The molecule has 0 saturated carbocycles. The molecule has 1 N–H and O–H groups in total. The van der Waals surface area contributed by atoms with Crippen molar-refractivity contribution in [1.29, 1.82) is 0 Å². The van der Waals surface area contributed by atoms with Crippen LogP contribution in [-0.4, -0.2) is 50.9 Å². The first-order valence-electron chi connectivity index (χ1n) is 14.2. The maximum atomic E-state index is 14.4. The van der Waals surface area contributed by atoms with Crippen molar-refractivity contribution in [3.8, 4) is 5.75 Å². The number of sulfonamides is 1. The number of hydrogen-bond donors (Lipinski definition) is 1. The van der Waals surface area contributed by atoms with Crippen LogP contribution in [-0.2, 0) is 32.6 Å². The zero-order chi connectivity index (χ0) is 31.7. The third-order valence-electron chi connectivity index (χ3n) is 6.91. The van der Waals surface area contributed by atoms with Gasteiger partial charge in [-0.1, -0.05) is 60.7 Å². The number of hydrogen-bond acceptors (Lipinski definition) is 5. The average molecular weight is 618 g/mol. The molecule has 10 heteroatoms. The van der Waals surface area contributed by atoms with Crippen molar-refractivity contribution in [3.63, 3.8) is 0 Å².